The van der Waals surface area contributed by atoms with Crippen LogP contribution in [-0.2, 0) is 9.53 Å². The lowest BCUT2D eigenvalue weighted by molar-refractivity contribution is -0.125. The van der Waals surface area contributed by atoms with Crippen molar-refractivity contribution >= 4 is 6.47 Å². The van der Waals surface area contributed by atoms with Crippen LogP contribution in [0.25, 0.3) is 0 Å². The van der Waals surface area contributed by atoms with E-state index in [2.05, 4.69) is 18.6 Å². The normalized spacial score (nSPS) is 22.5. The first-order chi connectivity index (χ1) is 5.22. The number of carbonyl (C=O) groups is 1. The molecule has 1 rings (SSSR count). The number of rotatable bonds is 4. The van der Waals surface area contributed by atoms with E-state index in [-0.39, 0.29) is 0 Å². The zero-order valence-electron chi connectivity index (χ0n) is 7.04. The number of hydrogen-bond donors (Lipinski definition) is 0. The van der Waals surface area contributed by atoms with Gasteiger partial charge >= 0.3 is 0 Å². The fourth-order valence-electron chi connectivity index (χ4n) is 1.39. The highest BCUT2D eigenvalue weighted by Gasteiger charge is 2.20. The van der Waals surface area contributed by atoms with Gasteiger partial charge in [0.2, 0.25) is 0 Å². The minimum absolute atomic E-state index is 0.497. The monoisotopic (exact) mass is 154 g/mol. The molecule has 1 aliphatic rings. The second kappa shape index (κ2) is 3.56. The van der Waals surface area contributed by atoms with Crippen LogP contribution >= 0.6 is 0 Å². The molecule has 0 aromatic heterocycles. The Balaban J connectivity index is 2.21. The Bertz CT molecular complexity index is 170. The van der Waals surface area contributed by atoms with Crippen LogP contribution in [0.5, 0.6) is 0 Å². The van der Waals surface area contributed by atoms with E-state index in [0.29, 0.717) is 12.4 Å². The molecule has 0 heterocycles. The van der Waals surface area contributed by atoms with E-state index in [9.17, 15) is 4.79 Å². The predicted octanol–water partition coefficient (Wildman–Crippen LogP) is 2.11. The minimum atomic E-state index is 0.497. The molecule has 0 saturated heterocycles. The Kier molecular flexibility index (Phi) is 2.69. The second-order valence-corrected chi connectivity index (χ2v) is 3.44. The van der Waals surface area contributed by atoms with Crippen molar-refractivity contribution in [2.24, 2.45) is 11.8 Å². The smallest absolute Gasteiger partial charge is 0.298 e. The van der Waals surface area contributed by atoms with Crippen molar-refractivity contribution in [1.29, 1.82) is 0 Å². The van der Waals surface area contributed by atoms with Crippen molar-refractivity contribution < 1.29 is 9.53 Å². The van der Waals surface area contributed by atoms with E-state index in [1.54, 1.807) is 0 Å². The maximum atomic E-state index is 9.87. The highest BCUT2D eigenvalue weighted by Crippen LogP contribution is 2.31. The molecule has 0 amide bonds. The van der Waals surface area contributed by atoms with Crippen LogP contribution in [0, 0.1) is 11.8 Å². The molecule has 62 valence electrons. The molecular formula is C9H14O2. The highest BCUT2D eigenvalue weighted by molar-refractivity contribution is 5.41. The van der Waals surface area contributed by atoms with Gasteiger partial charge in [-0.2, -0.15) is 0 Å². The maximum absolute atomic E-state index is 9.87. The number of allylic oxidation sites excluding steroid dienone is 2. The van der Waals surface area contributed by atoms with Gasteiger partial charge in [0.05, 0.1) is 0 Å². The molecule has 0 spiro atoms. The third kappa shape index (κ3) is 2.37. The quantitative estimate of drug-likeness (QED) is 0.580. The predicted molar refractivity (Wildman–Crippen MR) is 42.8 cm³/mol. The third-order valence-corrected chi connectivity index (χ3v) is 1.86. The summed E-state index contributed by atoms with van der Waals surface area (Å²) in [5.41, 5.74) is 0. The van der Waals surface area contributed by atoms with E-state index in [1.165, 1.54) is 6.42 Å². The van der Waals surface area contributed by atoms with Crippen LogP contribution in [-0.4, -0.2) is 6.47 Å². The van der Waals surface area contributed by atoms with Gasteiger partial charge in [-0.15, -0.1) is 0 Å². The van der Waals surface area contributed by atoms with E-state index in [1.807, 2.05) is 6.08 Å². The molecule has 2 nitrogen and oxygen atoms in total. The van der Waals surface area contributed by atoms with Crippen LogP contribution < -0.4 is 0 Å². The summed E-state index contributed by atoms with van der Waals surface area (Å²) in [7, 11) is 0. The van der Waals surface area contributed by atoms with Gasteiger partial charge in [0.25, 0.3) is 6.47 Å². The standard InChI is InChI=1S/C9H14O2/c1-7(2)3-8-4-9(5-8)11-6-10/h4,6-8H,3,5H2,1-2H3. The second-order valence-electron chi connectivity index (χ2n) is 3.44. The number of carbonyl (C=O) groups excluding carboxylic acids is 1. The molecule has 1 unspecified atom stereocenters. The van der Waals surface area contributed by atoms with Gasteiger partial charge < -0.3 is 4.74 Å². The van der Waals surface area contributed by atoms with Crippen LogP contribution in [0.4, 0.5) is 0 Å². The topological polar surface area (TPSA) is 26.3 Å². The molecule has 0 aliphatic heterocycles. The Morgan fingerprint density at radius 2 is 2.45 bits per heavy atom. The lowest BCUT2D eigenvalue weighted by atomic mass is 9.85. The van der Waals surface area contributed by atoms with Crippen molar-refractivity contribution in [2.75, 3.05) is 0 Å². The molecule has 0 saturated carbocycles. The van der Waals surface area contributed by atoms with E-state index in [4.69, 9.17) is 0 Å². The van der Waals surface area contributed by atoms with Crippen LogP contribution in [0.3, 0.4) is 0 Å². The first kappa shape index (κ1) is 8.31. The summed E-state index contributed by atoms with van der Waals surface area (Å²) in [5, 5.41) is 0. The molecule has 2 heteroatoms. The summed E-state index contributed by atoms with van der Waals surface area (Å²) in [4.78, 5) is 9.87. The summed E-state index contributed by atoms with van der Waals surface area (Å²) in [6.07, 6.45) is 4.18. The van der Waals surface area contributed by atoms with E-state index in [0.717, 1.165) is 18.1 Å². The van der Waals surface area contributed by atoms with Gasteiger partial charge in [-0.3, -0.25) is 4.79 Å². The average Bonchev–Trinajstić information content (AvgIpc) is 1.82. The Morgan fingerprint density at radius 1 is 1.82 bits per heavy atom. The lowest BCUT2D eigenvalue weighted by Gasteiger charge is -2.24. The first-order valence-electron chi connectivity index (χ1n) is 4.03. The van der Waals surface area contributed by atoms with Gasteiger partial charge in [0, 0.05) is 6.42 Å². The molecule has 0 fully saturated rings. The minimum Gasteiger partial charge on any atom is -0.434 e. The maximum Gasteiger partial charge on any atom is 0.298 e. The van der Waals surface area contributed by atoms with Crippen LogP contribution in [0.15, 0.2) is 11.8 Å². The fourth-order valence-corrected chi connectivity index (χ4v) is 1.39. The molecule has 0 aromatic carbocycles. The Morgan fingerprint density at radius 3 is 2.91 bits per heavy atom. The van der Waals surface area contributed by atoms with Gasteiger partial charge in [-0.1, -0.05) is 13.8 Å². The number of ether oxygens (including phenoxy) is 1. The largest absolute Gasteiger partial charge is 0.434 e. The van der Waals surface area contributed by atoms with Crippen LogP contribution in [0.2, 0.25) is 0 Å². The summed E-state index contributed by atoms with van der Waals surface area (Å²) in [5.74, 6) is 2.21. The highest BCUT2D eigenvalue weighted by atomic mass is 16.5. The van der Waals surface area contributed by atoms with E-state index < -0.39 is 0 Å². The van der Waals surface area contributed by atoms with Gasteiger partial charge in [0.15, 0.2) is 0 Å². The Hall–Kier alpha value is -0.790. The van der Waals surface area contributed by atoms with Crippen molar-refractivity contribution in [3.05, 3.63) is 11.8 Å². The van der Waals surface area contributed by atoms with Crippen LogP contribution in [0.1, 0.15) is 26.7 Å². The molecular weight excluding hydrogens is 140 g/mol. The zero-order chi connectivity index (χ0) is 8.27. The summed E-state index contributed by atoms with van der Waals surface area (Å²) < 4.78 is 4.67. The number of hydrogen-bond acceptors (Lipinski definition) is 2. The third-order valence-electron chi connectivity index (χ3n) is 1.86. The molecule has 11 heavy (non-hydrogen) atoms. The van der Waals surface area contributed by atoms with Crippen molar-refractivity contribution in [3.8, 4) is 0 Å². The molecule has 1 aliphatic carbocycles. The van der Waals surface area contributed by atoms with Crippen molar-refractivity contribution in [1.82, 2.24) is 0 Å². The molecule has 0 bridgehead atoms. The van der Waals surface area contributed by atoms with Crippen molar-refractivity contribution in [3.63, 3.8) is 0 Å². The summed E-state index contributed by atoms with van der Waals surface area (Å²) in [6.45, 7) is 4.90. The summed E-state index contributed by atoms with van der Waals surface area (Å²) in [6, 6.07) is 0. The van der Waals surface area contributed by atoms with Crippen molar-refractivity contribution in [2.45, 2.75) is 26.7 Å². The van der Waals surface area contributed by atoms with E-state index >= 15 is 0 Å². The molecule has 0 N–H and O–H groups in total. The SMILES string of the molecule is CC(C)CC1C=C(OC=O)C1. The lowest BCUT2D eigenvalue weighted by Crippen LogP contribution is -2.14. The zero-order valence-corrected chi connectivity index (χ0v) is 7.04. The van der Waals surface area contributed by atoms with Gasteiger partial charge in [0.1, 0.15) is 5.76 Å². The Labute approximate surface area is 67.2 Å². The van der Waals surface area contributed by atoms with Gasteiger partial charge in [-0.05, 0) is 24.3 Å². The van der Waals surface area contributed by atoms with Gasteiger partial charge in [-0.25, -0.2) is 0 Å². The molecule has 0 radical (unpaired) electrons. The summed E-state index contributed by atoms with van der Waals surface area (Å²) >= 11 is 0. The average molecular weight is 154 g/mol. The fraction of sp³-hybridized carbons (Fsp3) is 0.667. The molecule has 1 atom stereocenters. The molecule has 0 aromatic rings. The first-order valence-corrected chi connectivity index (χ1v) is 4.03.